The molecule has 6 heteroatoms. The van der Waals surface area contributed by atoms with Gasteiger partial charge in [0.05, 0.1) is 5.56 Å². The summed E-state index contributed by atoms with van der Waals surface area (Å²) in [6.45, 7) is 0. The molecule has 1 heterocycles. The molecule has 1 aromatic carbocycles. The number of carbonyl (C=O) groups is 2. The van der Waals surface area contributed by atoms with Crippen LogP contribution in [0.25, 0.3) is 10.9 Å². The van der Waals surface area contributed by atoms with Crippen molar-refractivity contribution in [3.8, 4) is 12.3 Å². The predicted molar refractivity (Wildman–Crippen MR) is 68.0 cm³/mol. The van der Waals surface area contributed by atoms with E-state index in [0.29, 0.717) is 16.5 Å². The lowest BCUT2D eigenvalue weighted by molar-refractivity contribution is 0.100. The van der Waals surface area contributed by atoms with Crippen molar-refractivity contribution in [1.29, 1.82) is 0 Å². The van der Waals surface area contributed by atoms with Gasteiger partial charge < -0.3 is 16.5 Å². The smallest absolute Gasteiger partial charge is 0.317 e. The summed E-state index contributed by atoms with van der Waals surface area (Å²) >= 11 is 0. The summed E-state index contributed by atoms with van der Waals surface area (Å²) in [6, 6.07) is 4.22. The number of rotatable bonds is 2. The van der Waals surface area contributed by atoms with E-state index in [1.807, 2.05) is 0 Å². The van der Waals surface area contributed by atoms with E-state index in [1.54, 1.807) is 18.2 Å². The van der Waals surface area contributed by atoms with Crippen molar-refractivity contribution < 1.29 is 9.59 Å². The fraction of sp³-hybridized carbons (Fsp3) is 0. The number of hydrogen-bond acceptors (Lipinski definition) is 2. The van der Waals surface area contributed by atoms with Gasteiger partial charge in [0, 0.05) is 16.5 Å². The molecule has 0 saturated carbocycles. The van der Waals surface area contributed by atoms with Crippen LogP contribution in [0, 0.1) is 12.3 Å². The molecule has 0 aliphatic rings. The van der Waals surface area contributed by atoms with Gasteiger partial charge in [0.15, 0.2) is 0 Å². The highest BCUT2D eigenvalue weighted by atomic mass is 16.2. The number of aromatic amines is 1. The molecule has 0 atom stereocenters. The Hall–Kier alpha value is -2.94. The number of hydrogen-bond donors (Lipinski definition) is 4. The van der Waals surface area contributed by atoms with E-state index < -0.39 is 11.9 Å². The first-order valence-electron chi connectivity index (χ1n) is 5.01. The number of nitrogens with two attached hydrogens (primary N) is 2. The number of anilines is 1. The molecule has 0 bridgehead atoms. The van der Waals surface area contributed by atoms with Gasteiger partial charge in [-0.25, -0.2) is 4.79 Å². The molecular formula is C12H10N4O2. The van der Waals surface area contributed by atoms with Crippen LogP contribution in [-0.2, 0) is 0 Å². The zero-order valence-corrected chi connectivity index (χ0v) is 9.28. The largest absolute Gasteiger partial charge is 0.365 e. The molecule has 0 aliphatic carbocycles. The van der Waals surface area contributed by atoms with Crippen molar-refractivity contribution in [2.24, 2.45) is 11.5 Å². The predicted octanol–water partition coefficient (Wildman–Crippen LogP) is 0.739. The Morgan fingerprint density at radius 1 is 1.33 bits per heavy atom. The van der Waals surface area contributed by atoms with Crippen LogP contribution in [0.15, 0.2) is 18.2 Å². The number of amides is 3. The second-order valence-corrected chi connectivity index (χ2v) is 3.63. The van der Waals surface area contributed by atoms with Crippen LogP contribution in [0.1, 0.15) is 15.9 Å². The number of fused-ring (bicyclic) bond motifs is 1. The summed E-state index contributed by atoms with van der Waals surface area (Å²) in [6.07, 6.45) is 5.28. The molecule has 0 aliphatic heterocycles. The number of terminal acetylenes is 1. The summed E-state index contributed by atoms with van der Waals surface area (Å²) in [4.78, 5) is 25.1. The van der Waals surface area contributed by atoms with Crippen molar-refractivity contribution in [1.82, 2.24) is 4.98 Å². The van der Waals surface area contributed by atoms with Crippen LogP contribution in [-0.4, -0.2) is 16.9 Å². The van der Waals surface area contributed by atoms with Crippen LogP contribution in [0.5, 0.6) is 0 Å². The molecule has 6 N–H and O–H groups in total. The van der Waals surface area contributed by atoms with Crippen molar-refractivity contribution in [3.63, 3.8) is 0 Å². The van der Waals surface area contributed by atoms with E-state index in [1.165, 1.54) is 0 Å². The highest BCUT2D eigenvalue weighted by molar-refractivity contribution is 6.13. The maximum atomic E-state index is 11.4. The van der Waals surface area contributed by atoms with Gasteiger partial charge >= 0.3 is 6.03 Å². The lowest BCUT2D eigenvalue weighted by Crippen LogP contribution is -2.22. The van der Waals surface area contributed by atoms with Gasteiger partial charge in [-0.2, -0.15) is 0 Å². The van der Waals surface area contributed by atoms with Crippen molar-refractivity contribution in [2.75, 3.05) is 5.32 Å². The first-order chi connectivity index (χ1) is 8.52. The van der Waals surface area contributed by atoms with Crippen LogP contribution in [0.2, 0.25) is 0 Å². The average molecular weight is 242 g/mol. The summed E-state index contributed by atoms with van der Waals surface area (Å²) in [5.74, 6) is 1.97. The van der Waals surface area contributed by atoms with Crippen molar-refractivity contribution in [3.05, 3.63) is 29.3 Å². The lowest BCUT2D eigenvalue weighted by Gasteiger charge is -2.00. The quantitative estimate of drug-likeness (QED) is 0.582. The molecule has 2 aromatic rings. The highest BCUT2D eigenvalue weighted by Gasteiger charge is 2.17. The molecule has 18 heavy (non-hydrogen) atoms. The SMILES string of the molecule is C#Cc1ccc2c(C(N)=O)c(NC(N)=O)[nH]c2c1. The van der Waals surface area contributed by atoms with Gasteiger partial charge in [-0.1, -0.05) is 12.0 Å². The third kappa shape index (κ3) is 1.85. The Labute approximate surface area is 102 Å². The fourth-order valence-corrected chi connectivity index (χ4v) is 1.76. The van der Waals surface area contributed by atoms with Gasteiger partial charge in [0.2, 0.25) is 0 Å². The third-order valence-corrected chi connectivity index (χ3v) is 2.46. The Morgan fingerprint density at radius 2 is 2.06 bits per heavy atom. The molecule has 90 valence electrons. The van der Waals surface area contributed by atoms with E-state index in [-0.39, 0.29) is 11.4 Å². The number of carbonyl (C=O) groups excluding carboxylic acids is 2. The van der Waals surface area contributed by atoms with Gasteiger partial charge in [0.1, 0.15) is 5.82 Å². The van der Waals surface area contributed by atoms with Gasteiger partial charge in [-0.15, -0.1) is 6.42 Å². The monoisotopic (exact) mass is 242 g/mol. The average Bonchev–Trinajstić information content (AvgIpc) is 2.64. The zero-order chi connectivity index (χ0) is 13.3. The van der Waals surface area contributed by atoms with Crippen molar-refractivity contribution in [2.45, 2.75) is 0 Å². The lowest BCUT2D eigenvalue weighted by atomic mass is 10.1. The topological polar surface area (TPSA) is 114 Å². The number of benzene rings is 1. The second kappa shape index (κ2) is 4.14. The Kier molecular flexibility index (Phi) is 2.66. The van der Waals surface area contributed by atoms with Crippen LogP contribution in [0.4, 0.5) is 10.6 Å². The third-order valence-electron chi connectivity index (χ3n) is 2.46. The van der Waals surface area contributed by atoms with E-state index in [9.17, 15) is 9.59 Å². The van der Waals surface area contributed by atoms with E-state index in [4.69, 9.17) is 17.9 Å². The first kappa shape index (κ1) is 11.5. The molecule has 0 unspecified atom stereocenters. The Morgan fingerprint density at radius 3 is 2.61 bits per heavy atom. The summed E-state index contributed by atoms with van der Waals surface area (Å²) in [5, 5.41) is 2.89. The molecule has 3 amide bonds. The minimum absolute atomic E-state index is 0.166. The molecule has 6 nitrogen and oxygen atoms in total. The van der Waals surface area contributed by atoms with Crippen molar-refractivity contribution >= 4 is 28.7 Å². The van der Waals surface area contributed by atoms with E-state index >= 15 is 0 Å². The van der Waals surface area contributed by atoms with Gasteiger partial charge in [0.25, 0.3) is 5.91 Å². The molecule has 2 rings (SSSR count). The van der Waals surface area contributed by atoms with Crippen LogP contribution in [0.3, 0.4) is 0 Å². The van der Waals surface area contributed by atoms with Crippen LogP contribution >= 0.6 is 0 Å². The molecule has 0 saturated heterocycles. The summed E-state index contributed by atoms with van der Waals surface area (Å²) in [5.41, 5.74) is 11.7. The Balaban J connectivity index is 2.71. The molecular weight excluding hydrogens is 232 g/mol. The fourth-order valence-electron chi connectivity index (χ4n) is 1.76. The number of aromatic nitrogens is 1. The number of urea groups is 1. The minimum atomic E-state index is -0.791. The molecule has 0 spiro atoms. The second-order valence-electron chi connectivity index (χ2n) is 3.63. The summed E-state index contributed by atoms with van der Waals surface area (Å²) < 4.78 is 0. The minimum Gasteiger partial charge on any atom is -0.365 e. The molecule has 0 radical (unpaired) electrons. The normalized spacial score (nSPS) is 9.94. The maximum Gasteiger partial charge on any atom is 0.317 e. The first-order valence-corrected chi connectivity index (χ1v) is 5.01. The summed E-state index contributed by atoms with van der Waals surface area (Å²) in [7, 11) is 0. The number of primary amides is 2. The zero-order valence-electron chi connectivity index (χ0n) is 9.28. The standard InChI is InChI=1S/C12H10N4O2/c1-2-6-3-4-7-8(5-6)15-11(16-12(14)18)9(7)10(13)17/h1,3-5,15H,(H2,13,17)(H3,14,16,18). The molecule has 1 aromatic heterocycles. The number of H-pyrrole nitrogens is 1. The van der Waals surface area contributed by atoms with Gasteiger partial charge in [-0.05, 0) is 12.1 Å². The van der Waals surface area contributed by atoms with Gasteiger partial charge in [-0.3, -0.25) is 10.1 Å². The van der Waals surface area contributed by atoms with E-state index in [0.717, 1.165) is 0 Å². The highest BCUT2D eigenvalue weighted by Crippen LogP contribution is 2.26. The maximum absolute atomic E-state index is 11.4. The number of nitrogens with one attached hydrogen (secondary N) is 2. The van der Waals surface area contributed by atoms with Crippen LogP contribution < -0.4 is 16.8 Å². The van der Waals surface area contributed by atoms with E-state index in [2.05, 4.69) is 16.2 Å². The Bertz CT molecular complexity index is 694. The molecule has 0 fully saturated rings.